The summed E-state index contributed by atoms with van der Waals surface area (Å²) in [6.07, 6.45) is 4.23. The molecule has 18 heavy (non-hydrogen) atoms. The number of nitrogens with two attached hydrogens (primary N) is 1. The minimum Gasteiger partial charge on any atom is -0.328 e. The second-order valence-corrected chi connectivity index (χ2v) is 5.61. The van der Waals surface area contributed by atoms with E-state index in [9.17, 15) is 4.79 Å². The van der Waals surface area contributed by atoms with E-state index in [0.29, 0.717) is 11.4 Å². The molecule has 0 saturated heterocycles. The topological polar surface area (TPSA) is 60.9 Å². The molecule has 1 aromatic rings. The number of ketones is 1. The Balaban J connectivity index is 2.06. The molecular weight excluding hydrogens is 250 g/mol. The van der Waals surface area contributed by atoms with Crippen molar-refractivity contribution in [3.63, 3.8) is 0 Å². The Bertz CT molecular complexity index is 455. The van der Waals surface area contributed by atoms with E-state index in [2.05, 4.69) is 5.10 Å². The van der Waals surface area contributed by atoms with E-state index in [1.165, 1.54) is 0 Å². The summed E-state index contributed by atoms with van der Waals surface area (Å²) >= 11 is 6.17. The Morgan fingerprint density at radius 3 is 2.83 bits per heavy atom. The Labute approximate surface area is 112 Å². The molecular formula is C13H20ClN3O. The largest absolute Gasteiger partial charge is 0.328 e. The molecule has 1 aromatic heterocycles. The smallest absolute Gasteiger partial charge is 0.142 e. The van der Waals surface area contributed by atoms with Gasteiger partial charge in [-0.15, -0.1) is 0 Å². The van der Waals surface area contributed by atoms with E-state index < -0.39 is 0 Å². The molecule has 0 aliphatic heterocycles. The molecule has 4 nitrogen and oxygen atoms in total. The number of nitrogens with zero attached hydrogens (tertiary/aromatic N) is 2. The molecule has 0 spiro atoms. The van der Waals surface area contributed by atoms with Gasteiger partial charge in [-0.05, 0) is 26.2 Å². The van der Waals surface area contributed by atoms with E-state index in [-0.39, 0.29) is 17.7 Å². The maximum atomic E-state index is 12.3. The van der Waals surface area contributed by atoms with E-state index in [1.54, 1.807) is 4.68 Å². The Kier molecular flexibility index (Phi) is 4.07. The summed E-state index contributed by atoms with van der Waals surface area (Å²) in [4.78, 5) is 12.3. The Morgan fingerprint density at radius 2 is 2.28 bits per heavy atom. The van der Waals surface area contributed by atoms with Crippen LogP contribution in [-0.4, -0.2) is 21.6 Å². The van der Waals surface area contributed by atoms with Crippen LogP contribution in [0, 0.1) is 12.8 Å². The molecule has 100 valence electrons. The quantitative estimate of drug-likeness (QED) is 0.913. The first-order valence-corrected chi connectivity index (χ1v) is 6.83. The average molecular weight is 270 g/mol. The van der Waals surface area contributed by atoms with Crippen LogP contribution in [0.15, 0.2) is 0 Å². The number of aryl methyl sites for hydroxylation is 2. The zero-order valence-corrected chi connectivity index (χ0v) is 11.7. The maximum Gasteiger partial charge on any atom is 0.142 e. The number of aromatic nitrogens is 2. The summed E-state index contributed by atoms with van der Waals surface area (Å²) in [7, 11) is 1.83. The van der Waals surface area contributed by atoms with Gasteiger partial charge in [0.2, 0.25) is 0 Å². The van der Waals surface area contributed by atoms with Crippen molar-refractivity contribution in [3.05, 3.63) is 16.4 Å². The van der Waals surface area contributed by atoms with Crippen molar-refractivity contribution in [2.24, 2.45) is 18.7 Å². The molecule has 2 unspecified atom stereocenters. The molecule has 0 radical (unpaired) electrons. The number of hydrogen-bond donors (Lipinski definition) is 1. The molecule has 2 N–H and O–H groups in total. The summed E-state index contributed by atoms with van der Waals surface area (Å²) in [6.45, 7) is 1.85. The van der Waals surface area contributed by atoms with Crippen LogP contribution in [0.1, 0.15) is 37.1 Å². The average Bonchev–Trinajstić information content (AvgIpc) is 2.56. The fourth-order valence-electron chi connectivity index (χ4n) is 2.70. The van der Waals surface area contributed by atoms with Crippen LogP contribution in [0.2, 0.25) is 5.02 Å². The normalized spacial score (nSPS) is 24.2. The van der Waals surface area contributed by atoms with E-state index in [4.69, 9.17) is 17.3 Å². The second kappa shape index (κ2) is 5.41. The maximum absolute atomic E-state index is 12.3. The number of carbonyl (C=O) groups is 1. The lowest BCUT2D eigenvalue weighted by molar-refractivity contribution is -0.123. The fourth-order valence-corrected chi connectivity index (χ4v) is 2.93. The van der Waals surface area contributed by atoms with E-state index in [0.717, 1.165) is 37.1 Å². The van der Waals surface area contributed by atoms with Crippen LogP contribution in [0.3, 0.4) is 0 Å². The second-order valence-electron chi connectivity index (χ2n) is 5.24. The number of Topliss-reactive ketones (excluding diaryl/α,β-unsaturated/α-hetero) is 1. The van der Waals surface area contributed by atoms with Crippen molar-refractivity contribution < 1.29 is 4.79 Å². The summed E-state index contributed by atoms with van der Waals surface area (Å²) in [5.41, 5.74) is 7.52. The highest BCUT2D eigenvalue weighted by Gasteiger charge is 2.26. The molecule has 0 bridgehead atoms. The Morgan fingerprint density at radius 1 is 1.56 bits per heavy atom. The molecule has 1 fully saturated rings. The van der Waals surface area contributed by atoms with Crippen molar-refractivity contribution in [2.75, 3.05) is 0 Å². The standard InChI is InChI=1S/C13H20ClN3O/c1-8-13(14)11(17(2)16-8)7-12(18)9-4-3-5-10(15)6-9/h9-10H,3-7,15H2,1-2H3. The zero-order valence-electron chi connectivity index (χ0n) is 10.9. The minimum atomic E-state index is 0.0972. The van der Waals surface area contributed by atoms with Crippen LogP contribution >= 0.6 is 11.6 Å². The molecule has 0 amide bonds. The predicted molar refractivity (Wildman–Crippen MR) is 71.6 cm³/mol. The summed E-state index contributed by atoms with van der Waals surface area (Å²) in [5, 5.41) is 4.85. The van der Waals surface area contributed by atoms with Crippen molar-refractivity contribution in [1.82, 2.24) is 9.78 Å². The van der Waals surface area contributed by atoms with Gasteiger partial charge in [-0.1, -0.05) is 18.0 Å². The molecule has 2 rings (SSSR count). The molecule has 1 aliphatic rings. The Hall–Kier alpha value is -0.870. The van der Waals surface area contributed by atoms with Gasteiger partial charge in [-0.25, -0.2) is 0 Å². The predicted octanol–water partition coefficient (Wildman–Crippen LogP) is 2.01. The first kappa shape index (κ1) is 13.6. The molecule has 1 aliphatic carbocycles. The zero-order chi connectivity index (χ0) is 13.3. The monoisotopic (exact) mass is 269 g/mol. The number of halogens is 1. The summed E-state index contributed by atoms with van der Waals surface area (Å²) in [5.74, 6) is 0.343. The van der Waals surface area contributed by atoms with E-state index >= 15 is 0 Å². The van der Waals surface area contributed by atoms with E-state index in [1.807, 2.05) is 14.0 Å². The fraction of sp³-hybridized carbons (Fsp3) is 0.692. The van der Waals surface area contributed by atoms with Crippen molar-refractivity contribution in [1.29, 1.82) is 0 Å². The highest BCUT2D eigenvalue weighted by molar-refractivity contribution is 6.32. The summed E-state index contributed by atoms with van der Waals surface area (Å²) < 4.78 is 1.71. The van der Waals surface area contributed by atoms with Crippen LogP contribution in [0.4, 0.5) is 0 Å². The minimum absolute atomic E-state index is 0.0972. The first-order valence-electron chi connectivity index (χ1n) is 6.45. The summed E-state index contributed by atoms with van der Waals surface area (Å²) in [6, 6.07) is 0.177. The number of carbonyl (C=O) groups excluding carboxylic acids is 1. The third kappa shape index (κ3) is 2.75. The van der Waals surface area contributed by atoms with Crippen molar-refractivity contribution in [2.45, 2.75) is 45.1 Å². The highest BCUT2D eigenvalue weighted by Crippen LogP contribution is 2.27. The third-order valence-electron chi connectivity index (χ3n) is 3.77. The van der Waals surface area contributed by atoms with Gasteiger partial charge in [0.15, 0.2) is 0 Å². The van der Waals surface area contributed by atoms with Crippen LogP contribution in [-0.2, 0) is 18.3 Å². The lowest BCUT2D eigenvalue weighted by Crippen LogP contribution is -2.32. The van der Waals surface area contributed by atoms with Gasteiger partial charge in [-0.3, -0.25) is 9.48 Å². The molecule has 1 heterocycles. The SMILES string of the molecule is Cc1nn(C)c(CC(=O)C2CCCC(N)C2)c1Cl. The molecule has 2 atom stereocenters. The molecule has 5 heteroatoms. The molecule has 1 saturated carbocycles. The van der Waals surface area contributed by atoms with Gasteiger partial charge in [0, 0.05) is 19.0 Å². The van der Waals surface area contributed by atoms with Gasteiger partial charge in [0.05, 0.1) is 22.8 Å². The van der Waals surface area contributed by atoms with Gasteiger partial charge in [0.1, 0.15) is 5.78 Å². The third-order valence-corrected chi connectivity index (χ3v) is 4.27. The van der Waals surface area contributed by atoms with Crippen LogP contribution in [0.25, 0.3) is 0 Å². The first-order chi connectivity index (χ1) is 8.49. The number of hydrogen-bond acceptors (Lipinski definition) is 3. The van der Waals surface area contributed by atoms with Gasteiger partial charge >= 0.3 is 0 Å². The van der Waals surface area contributed by atoms with Crippen molar-refractivity contribution >= 4 is 17.4 Å². The number of rotatable bonds is 3. The van der Waals surface area contributed by atoms with Crippen LogP contribution in [0.5, 0.6) is 0 Å². The van der Waals surface area contributed by atoms with Gasteiger partial charge < -0.3 is 5.73 Å². The van der Waals surface area contributed by atoms with Crippen LogP contribution < -0.4 is 5.73 Å². The van der Waals surface area contributed by atoms with Gasteiger partial charge in [0.25, 0.3) is 0 Å². The molecule has 0 aromatic carbocycles. The lowest BCUT2D eigenvalue weighted by Gasteiger charge is -2.25. The van der Waals surface area contributed by atoms with Crippen molar-refractivity contribution in [3.8, 4) is 0 Å². The van der Waals surface area contributed by atoms with Gasteiger partial charge in [-0.2, -0.15) is 5.10 Å². The highest BCUT2D eigenvalue weighted by atomic mass is 35.5. The lowest BCUT2D eigenvalue weighted by atomic mass is 9.82.